The molecule has 39 heavy (non-hydrogen) atoms. The Bertz CT molecular complexity index is 1180. The third-order valence-electron chi connectivity index (χ3n) is 6.22. The van der Waals surface area contributed by atoms with Crippen molar-refractivity contribution in [2.75, 3.05) is 13.1 Å². The number of alkyl carbamates (subject to hydrolysis) is 1. The number of nitrogens with zero attached hydrogens (tertiary/aromatic N) is 2. The van der Waals surface area contributed by atoms with Crippen LogP contribution in [-0.2, 0) is 20.7 Å². The van der Waals surface area contributed by atoms with Gasteiger partial charge in [0.25, 0.3) is 0 Å². The third-order valence-corrected chi connectivity index (χ3v) is 6.22. The first-order valence-corrected chi connectivity index (χ1v) is 13.2. The van der Waals surface area contributed by atoms with Crippen LogP contribution in [0.15, 0.2) is 42.5 Å². The summed E-state index contributed by atoms with van der Waals surface area (Å²) in [5, 5.41) is 25.0. The summed E-state index contributed by atoms with van der Waals surface area (Å²) >= 11 is 0. The van der Waals surface area contributed by atoms with Crippen molar-refractivity contribution in [1.82, 2.24) is 15.5 Å². The smallest absolute Gasteiger partial charge is 0.408 e. The van der Waals surface area contributed by atoms with Gasteiger partial charge in [0.1, 0.15) is 30.0 Å². The van der Waals surface area contributed by atoms with E-state index in [1.165, 1.54) is 17.0 Å². The molecular weight excluding hydrogens is 496 g/mol. The zero-order valence-corrected chi connectivity index (χ0v) is 23.7. The van der Waals surface area contributed by atoms with Crippen LogP contribution in [0.4, 0.5) is 4.79 Å². The Morgan fingerprint density at radius 3 is 2.36 bits per heavy atom. The number of unbranched alkanes of at least 4 members (excludes halogenated alkanes) is 1. The number of hydrogen-bond acceptors (Lipinski definition) is 6. The molecule has 2 unspecified atom stereocenters. The van der Waals surface area contributed by atoms with E-state index in [9.17, 15) is 24.8 Å². The largest absolute Gasteiger partial charge is 0.508 e. The van der Waals surface area contributed by atoms with Crippen molar-refractivity contribution in [3.63, 3.8) is 0 Å². The quantitative estimate of drug-likeness (QED) is 0.287. The third kappa shape index (κ3) is 9.32. The van der Waals surface area contributed by atoms with Gasteiger partial charge in [-0.15, -0.1) is 0 Å². The Balaban J connectivity index is 2.56. The fourth-order valence-electron chi connectivity index (χ4n) is 4.10. The average Bonchev–Trinajstić information content (AvgIpc) is 2.85. The molecule has 2 aromatic rings. The van der Waals surface area contributed by atoms with Crippen molar-refractivity contribution in [3.8, 4) is 11.8 Å². The number of hydrogen-bond donors (Lipinski definition) is 3. The summed E-state index contributed by atoms with van der Waals surface area (Å²) in [5.41, 5.74) is 2.24. The minimum Gasteiger partial charge on any atom is -0.508 e. The highest BCUT2D eigenvalue weighted by atomic mass is 16.6. The number of nitriles is 1. The van der Waals surface area contributed by atoms with Crippen LogP contribution in [-0.4, -0.2) is 52.6 Å². The monoisotopic (exact) mass is 536 g/mol. The summed E-state index contributed by atoms with van der Waals surface area (Å²) in [6, 6.07) is 11.5. The fourth-order valence-corrected chi connectivity index (χ4v) is 4.10. The van der Waals surface area contributed by atoms with Gasteiger partial charge >= 0.3 is 6.09 Å². The van der Waals surface area contributed by atoms with Gasteiger partial charge in [-0.25, -0.2) is 4.79 Å². The number of nitrogens with one attached hydrogen (secondary N) is 2. The molecule has 0 aliphatic carbocycles. The van der Waals surface area contributed by atoms with E-state index in [1.807, 2.05) is 39.0 Å². The van der Waals surface area contributed by atoms with Gasteiger partial charge in [0, 0.05) is 13.0 Å². The number of phenols is 1. The molecule has 210 valence electrons. The van der Waals surface area contributed by atoms with Crippen molar-refractivity contribution >= 4 is 17.9 Å². The first kappa shape index (κ1) is 31.2. The summed E-state index contributed by atoms with van der Waals surface area (Å²) in [6.45, 7) is 11.0. The molecule has 9 nitrogen and oxygen atoms in total. The minimum absolute atomic E-state index is 0.0528. The molecule has 3 amide bonds. The molecule has 3 N–H and O–H groups in total. The van der Waals surface area contributed by atoms with Crippen LogP contribution in [0.2, 0.25) is 0 Å². The van der Waals surface area contributed by atoms with Gasteiger partial charge in [0.05, 0.1) is 6.07 Å². The Morgan fingerprint density at radius 1 is 1.10 bits per heavy atom. The Morgan fingerprint density at radius 2 is 1.77 bits per heavy atom. The summed E-state index contributed by atoms with van der Waals surface area (Å²) in [4.78, 5) is 41.7. The predicted molar refractivity (Wildman–Crippen MR) is 149 cm³/mol. The molecule has 0 fully saturated rings. The number of rotatable bonds is 11. The molecule has 0 saturated carbocycles. The zero-order valence-electron chi connectivity index (χ0n) is 23.7. The molecule has 2 atom stereocenters. The zero-order chi connectivity index (χ0) is 29.2. The minimum atomic E-state index is -1.14. The normalized spacial score (nSPS) is 12.5. The SMILES string of the molecule is CCCCNC(=O)C(c1cccc(C)c1C)N(CC#N)C(=O)C(Cc1ccc(O)cc1)NC(=O)OC(C)(C)C. The second-order valence-corrected chi connectivity index (χ2v) is 10.5. The molecule has 0 radical (unpaired) electrons. The van der Waals surface area contributed by atoms with E-state index in [4.69, 9.17) is 4.74 Å². The van der Waals surface area contributed by atoms with Gasteiger partial charge in [0.15, 0.2) is 0 Å². The van der Waals surface area contributed by atoms with Crippen molar-refractivity contribution in [1.29, 1.82) is 5.26 Å². The Kier molecular flexibility index (Phi) is 11.3. The highest BCUT2D eigenvalue weighted by Crippen LogP contribution is 2.27. The van der Waals surface area contributed by atoms with Crippen molar-refractivity contribution in [2.24, 2.45) is 0 Å². The van der Waals surface area contributed by atoms with Gasteiger partial charge in [-0.05, 0) is 75.4 Å². The first-order chi connectivity index (χ1) is 18.4. The number of phenolic OH excluding ortho intramolecular Hbond substituents is 1. The lowest BCUT2D eigenvalue weighted by Gasteiger charge is -2.34. The van der Waals surface area contributed by atoms with Gasteiger partial charge in [-0.2, -0.15) is 5.26 Å². The van der Waals surface area contributed by atoms with Crippen molar-refractivity contribution in [3.05, 3.63) is 64.7 Å². The van der Waals surface area contributed by atoms with E-state index in [2.05, 4.69) is 10.6 Å². The summed E-state index contributed by atoms with van der Waals surface area (Å²) in [7, 11) is 0. The fraction of sp³-hybridized carbons (Fsp3) is 0.467. The number of ether oxygens (including phenoxy) is 1. The van der Waals surface area contributed by atoms with Crippen LogP contribution in [0.3, 0.4) is 0 Å². The number of aryl methyl sites for hydroxylation is 1. The standard InChI is InChI=1S/C30H40N4O5/c1-7-8-17-32-27(36)26(24-11-9-10-20(2)21(24)3)34(18-16-31)28(37)25(33-29(38)39-30(4,5)6)19-22-12-14-23(35)15-13-22/h9-15,25-26,35H,7-8,17-19H2,1-6H3,(H,32,36)(H,33,38). The first-order valence-electron chi connectivity index (χ1n) is 13.2. The molecule has 2 aromatic carbocycles. The van der Waals surface area contributed by atoms with E-state index in [-0.39, 0.29) is 18.7 Å². The number of amides is 3. The van der Waals surface area contributed by atoms with E-state index in [0.29, 0.717) is 17.7 Å². The second kappa shape index (κ2) is 14.2. The molecule has 0 heterocycles. The highest BCUT2D eigenvalue weighted by Gasteiger charge is 2.37. The maximum absolute atomic E-state index is 14.1. The highest BCUT2D eigenvalue weighted by molar-refractivity contribution is 5.92. The Labute approximate surface area is 231 Å². The molecule has 0 aliphatic heterocycles. The van der Waals surface area contributed by atoms with E-state index in [0.717, 1.165) is 24.0 Å². The van der Waals surface area contributed by atoms with Crippen LogP contribution < -0.4 is 10.6 Å². The molecule has 0 aliphatic rings. The number of aromatic hydroxyl groups is 1. The van der Waals surface area contributed by atoms with Crippen LogP contribution in [0.25, 0.3) is 0 Å². The molecule has 9 heteroatoms. The maximum Gasteiger partial charge on any atom is 0.408 e. The number of carbonyl (C=O) groups excluding carboxylic acids is 3. The van der Waals surface area contributed by atoms with Gasteiger partial charge in [0.2, 0.25) is 11.8 Å². The van der Waals surface area contributed by atoms with Crippen LogP contribution >= 0.6 is 0 Å². The van der Waals surface area contributed by atoms with Gasteiger partial charge in [-0.1, -0.05) is 43.7 Å². The molecule has 0 spiro atoms. The van der Waals surface area contributed by atoms with E-state index >= 15 is 0 Å². The number of carbonyl (C=O) groups is 3. The second-order valence-electron chi connectivity index (χ2n) is 10.5. The predicted octanol–water partition coefficient (Wildman–Crippen LogP) is 4.45. The molecule has 0 bridgehead atoms. The Hall–Kier alpha value is -4.06. The summed E-state index contributed by atoms with van der Waals surface area (Å²) in [6.07, 6.45) is 0.898. The molecule has 2 rings (SSSR count). The molecule has 0 aromatic heterocycles. The summed E-state index contributed by atoms with van der Waals surface area (Å²) < 4.78 is 5.40. The lowest BCUT2D eigenvalue weighted by atomic mass is 9.94. The summed E-state index contributed by atoms with van der Waals surface area (Å²) in [5.74, 6) is -0.944. The maximum atomic E-state index is 14.1. The molecule has 0 saturated heterocycles. The topological polar surface area (TPSA) is 132 Å². The lowest BCUT2D eigenvalue weighted by molar-refractivity contribution is -0.141. The van der Waals surface area contributed by atoms with Gasteiger partial charge < -0.3 is 25.4 Å². The van der Waals surface area contributed by atoms with Crippen LogP contribution in [0.5, 0.6) is 5.75 Å². The van der Waals surface area contributed by atoms with E-state index in [1.54, 1.807) is 39.0 Å². The van der Waals surface area contributed by atoms with Crippen LogP contribution in [0, 0.1) is 25.2 Å². The average molecular weight is 537 g/mol. The van der Waals surface area contributed by atoms with E-state index < -0.39 is 35.6 Å². The van der Waals surface area contributed by atoms with Gasteiger partial charge in [-0.3, -0.25) is 9.59 Å². The lowest BCUT2D eigenvalue weighted by Crippen LogP contribution is -2.54. The van der Waals surface area contributed by atoms with Crippen LogP contribution in [0.1, 0.15) is 68.8 Å². The molecular formula is C30H40N4O5. The van der Waals surface area contributed by atoms with Crippen molar-refractivity contribution < 1.29 is 24.2 Å². The van der Waals surface area contributed by atoms with Crippen molar-refractivity contribution in [2.45, 2.75) is 78.5 Å². The number of benzene rings is 2.